The van der Waals surface area contributed by atoms with Crippen molar-refractivity contribution in [3.8, 4) is 22.9 Å². The second kappa shape index (κ2) is 11.5. The van der Waals surface area contributed by atoms with Crippen molar-refractivity contribution < 1.29 is 28.3 Å². The van der Waals surface area contributed by atoms with Gasteiger partial charge in [-0.1, -0.05) is 51.0 Å². The SMILES string of the molecule is C/C=C(/c1cccc(C(=O)c2oc3ccc(-c4nn[nH]n4)c4c3c2OC(=O)C(=O)O4)c1)N(CCCC)CCCC. The molecule has 40 heavy (non-hydrogen) atoms. The Morgan fingerprint density at radius 3 is 2.33 bits per heavy atom. The minimum Gasteiger partial charge on any atom is -0.448 e. The van der Waals surface area contributed by atoms with E-state index in [-0.39, 0.29) is 39.6 Å². The van der Waals surface area contributed by atoms with E-state index in [9.17, 15) is 14.4 Å². The van der Waals surface area contributed by atoms with E-state index in [0.717, 1.165) is 50.0 Å². The Morgan fingerprint density at radius 1 is 0.975 bits per heavy atom. The van der Waals surface area contributed by atoms with Gasteiger partial charge in [-0.25, -0.2) is 9.59 Å². The van der Waals surface area contributed by atoms with E-state index >= 15 is 0 Å². The van der Waals surface area contributed by atoms with Crippen LogP contribution in [0, 0.1) is 0 Å². The number of H-pyrrole nitrogens is 1. The summed E-state index contributed by atoms with van der Waals surface area (Å²) in [5.74, 6) is -3.38. The number of esters is 2. The summed E-state index contributed by atoms with van der Waals surface area (Å²) in [6.07, 6.45) is 6.33. The van der Waals surface area contributed by atoms with Crippen LogP contribution in [-0.2, 0) is 9.59 Å². The highest BCUT2D eigenvalue weighted by Crippen LogP contribution is 2.46. The summed E-state index contributed by atoms with van der Waals surface area (Å²) in [6, 6.07) is 10.4. The normalized spacial score (nSPS) is 13.2. The first kappa shape index (κ1) is 26.8. The van der Waals surface area contributed by atoms with Gasteiger partial charge in [0.05, 0.1) is 5.56 Å². The zero-order valence-corrected chi connectivity index (χ0v) is 22.5. The lowest BCUT2D eigenvalue weighted by molar-refractivity contribution is -0.155. The predicted octanol–water partition coefficient (Wildman–Crippen LogP) is 4.93. The van der Waals surface area contributed by atoms with Gasteiger partial charge in [0.25, 0.3) is 0 Å². The van der Waals surface area contributed by atoms with E-state index in [1.807, 2.05) is 19.1 Å². The van der Waals surface area contributed by atoms with Crippen LogP contribution in [0.5, 0.6) is 11.5 Å². The minimum absolute atomic E-state index is 0.0556. The molecule has 3 heterocycles. The number of tetrazole rings is 1. The molecule has 0 amide bonds. The summed E-state index contributed by atoms with van der Waals surface area (Å²) in [4.78, 5) is 41.0. The number of hydrogen-bond acceptors (Lipinski definition) is 10. The van der Waals surface area contributed by atoms with Gasteiger partial charge in [0, 0.05) is 24.4 Å². The van der Waals surface area contributed by atoms with E-state index in [4.69, 9.17) is 13.9 Å². The van der Waals surface area contributed by atoms with Crippen molar-refractivity contribution in [2.45, 2.75) is 46.5 Å². The number of furan rings is 1. The largest absolute Gasteiger partial charge is 0.448 e. The molecular formula is C29H29N5O6. The number of ketones is 1. The monoisotopic (exact) mass is 543 g/mol. The number of nitrogens with zero attached hydrogens (tertiary/aromatic N) is 4. The fourth-order valence-corrected chi connectivity index (χ4v) is 4.74. The summed E-state index contributed by atoms with van der Waals surface area (Å²) in [5.41, 5.74) is 2.73. The molecule has 2 aromatic heterocycles. The summed E-state index contributed by atoms with van der Waals surface area (Å²) in [5, 5.41) is 13.9. The number of nitrogens with one attached hydrogen (secondary N) is 1. The molecule has 0 saturated carbocycles. The molecule has 5 rings (SSSR count). The van der Waals surface area contributed by atoms with Crippen LogP contribution in [0.4, 0.5) is 0 Å². The van der Waals surface area contributed by atoms with Gasteiger partial charge in [-0.2, -0.15) is 5.21 Å². The Bertz CT molecular complexity index is 1600. The van der Waals surface area contributed by atoms with E-state index < -0.39 is 17.7 Å². The van der Waals surface area contributed by atoms with Gasteiger partial charge in [0.2, 0.25) is 17.4 Å². The van der Waals surface area contributed by atoms with Crippen LogP contribution in [-0.4, -0.2) is 56.3 Å². The number of rotatable bonds is 11. The van der Waals surface area contributed by atoms with Crippen LogP contribution >= 0.6 is 0 Å². The number of carbonyl (C=O) groups excluding carboxylic acids is 3. The van der Waals surface area contributed by atoms with Gasteiger partial charge < -0.3 is 18.8 Å². The van der Waals surface area contributed by atoms with Crippen molar-refractivity contribution in [1.82, 2.24) is 25.5 Å². The summed E-state index contributed by atoms with van der Waals surface area (Å²) < 4.78 is 16.6. The summed E-state index contributed by atoms with van der Waals surface area (Å²) in [6.45, 7) is 8.14. The van der Waals surface area contributed by atoms with Crippen LogP contribution < -0.4 is 9.47 Å². The summed E-state index contributed by atoms with van der Waals surface area (Å²) in [7, 11) is 0. The average molecular weight is 544 g/mol. The third-order valence-corrected chi connectivity index (χ3v) is 6.71. The molecule has 0 fully saturated rings. The van der Waals surface area contributed by atoms with Crippen LogP contribution in [0.15, 0.2) is 46.9 Å². The number of aromatic amines is 1. The van der Waals surface area contributed by atoms with E-state index in [1.165, 1.54) is 0 Å². The van der Waals surface area contributed by atoms with Gasteiger partial charge >= 0.3 is 11.9 Å². The number of benzene rings is 2. The van der Waals surface area contributed by atoms with Crippen molar-refractivity contribution in [3.05, 3.63) is 59.4 Å². The topological polar surface area (TPSA) is 141 Å². The molecule has 1 aliphatic rings. The van der Waals surface area contributed by atoms with Crippen molar-refractivity contribution in [2.24, 2.45) is 0 Å². The molecular weight excluding hydrogens is 514 g/mol. The van der Waals surface area contributed by atoms with Crippen LogP contribution in [0.2, 0.25) is 0 Å². The molecule has 0 spiro atoms. The Morgan fingerprint density at radius 2 is 1.68 bits per heavy atom. The van der Waals surface area contributed by atoms with Gasteiger partial charge in [0.15, 0.2) is 11.5 Å². The second-order valence-electron chi connectivity index (χ2n) is 9.37. The second-order valence-corrected chi connectivity index (χ2v) is 9.37. The molecule has 2 aromatic carbocycles. The number of carbonyl (C=O) groups is 3. The first-order valence-electron chi connectivity index (χ1n) is 13.3. The average Bonchev–Trinajstić information content (AvgIpc) is 3.60. The molecule has 4 aromatic rings. The fourth-order valence-electron chi connectivity index (χ4n) is 4.74. The maximum atomic E-state index is 13.8. The van der Waals surface area contributed by atoms with Crippen LogP contribution in [0.25, 0.3) is 28.1 Å². The van der Waals surface area contributed by atoms with E-state index in [1.54, 1.807) is 24.3 Å². The molecule has 0 saturated heterocycles. The van der Waals surface area contributed by atoms with Gasteiger partial charge in [0.1, 0.15) is 11.0 Å². The lowest BCUT2D eigenvalue weighted by Gasteiger charge is -2.28. The highest BCUT2D eigenvalue weighted by atomic mass is 16.6. The predicted molar refractivity (Wildman–Crippen MR) is 146 cm³/mol. The summed E-state index contributed by atoms with van der Waals surface area (Å²) >= 11 is 0. The third kappa shape index (κ3) is 4.97. The first-order chi connectivity index (χ1) is 19.5. The third-order valence-electron chi connectivity index (χ3n) is 6.71. The number of allylic oxidation sites excluding steroid dienone is 1. The molecule has 0 unspecified atom stereocenters. The molecule has 11 nitrogen and oxygen atoms in total. The Hall–Kier alpha value is -4.80. The van der Waals surface area contributed by atoms with Crippen molar-refractivity contribution in [2.75, 3.05) is 13.1 Å². The minimum atomic E-state index is -1.28. The molecule has 0 bridgehead atoms. The quantitative estimate of drug-likeness (QED) is 0.120. The molecule has 0 aliphatic carbocycles. The van der Waals surface area contributed by atoms with E-state index in [0.29, 0.717) is 5.56 Å². The highest BCUT2D eigenvalue weighted by Gasteiger charge is 2.36. The number of ether oxygens (including phenoxy) is 2. The zero-order valence-electron chi connectivity index (χ0n) is 22.5. The number of hydrogen-bond donors (Lipinski definition) is 1. The molecule has 0 radical (unpaired) electrons. The highest BCUT2D eigenvalue weighted by molar-refractivity contribution is 6.33. The van der Waals surface area contributed by atoms with Crippen molar-refractivity contribution >= 4 is 34.4 Å². The smallest absolute Gasteiger partial charge is 0.423 e. The Kier molecular flexibility index (Phi) is 7.72. The zero-order chi connectivity index (χ0) is 28.2. The number of aromatic nitrogens is 4. The van der Waals surface area contributed by atoms with E-state index in [2.05, 4.69) is 45.4 Å². The van der Waals surface area contributed by atoms with Crippen LogP contribution in [0.3, 0.4) is 0 Å². The van der Waals surface area contributed by atoms with Crippen molar-refractivity contribution in [1.29, 1.82) is 0 Å². The Labute approximate surface area is 230 Å². The Balaban J connectivity index is 1.58. The number of unbranched alkanes of at least 4 members (excludes halogenated alkanes) is 2. The molecule has 0 atom stereocenters. The molecule has 206 valence electrons. The molecule has 1 aliphatic heterocycles. The molecule has 11 heteroatoms. The first-order valence-corrected chi connectivity index (χ1v) is 13.3. The standard InChI is InChI=1S/C29H29N5O6/c1-4-7-14-34(15-8-5-2)20(6-3)17-10-9-11-18(16-17)23(35)26-25-22-21(38-26)13-12-19(27-30-32-33-31-27)24(22)39-28(36)29(37)40-25/h6,9-13,16H,4-5,7-8,14-15H2,1-3H3,(H,30,31,32,33)/b20-6-. The lowest BCUT2D eigenvalue weighted by atomic mass is 10.0. The van der Waals surface area contributed by atoms with Gasteiger partial charge in [-0.15, -0.1) is 10.2 Å². The van der Waals surface area contributed by atoms with Gasteiger partial charge in [-0.05, 0) is 48.7 Å². The van der Waals surface area contributed by atoms with Crippen LogP contribution in [0.1, 0.15) is 68.1 Å². The van der Waals surface area contributed by atoms with Gasteiger partial charge in [-0.3, -0.25) is 4.79 Å². The fraction of sp³-hybridized carbons (Fsp3) is 0.310. The maximum Gasteiger partial charge on any atom is 0.423 e. The van der Waals surface area contributed by atoms with Crippen molar-refractivity contribution in [3.63, 3.8) is 0 Å². The maximum absolute atomic E-state index is 13.8. The lowest BCUT2D eigenvalue weighted by Crippen LogP contribution is -2.25. The molecule has 1 N–H and O–H groups in total.